The van der Waals surface area contributed by atoms with E-state index in [0.717, 1.165) is 5.56 Å². The highest BCUT2D eigenvalue weighted by Crippen LogP contribution is 2.18. The lowest BCUT2D eigenvalue weighted by Gasteiger charge is -2.03. The number of pyridine rings is 1. The standard InChI is InChI=1S/C12H8Cl2FN/c13-10-2-3-11(15)9(6-10)5-8-1-4-12(14)16-7-8/h1-4,6-7H,5H2. The second kappa shape index (κ2) is 4.81. The summed E-state index contributed by atoms with van der Waals surface area (Å²) in [6.45, 7) is 0. The van der Waals surface area contributed by atoms with Gasteiger partial charge >= 0.3 is 0 Å². The van der Waals surface area contributed by atoms with E-state index in [0.29, 0.717) is 22.2 Å². The summed E-state index contributed by atoms with van der Waals surface area (Å²) in [6, 6.07) is 8.00. The van der Waals surface area contributed by atoms with Crippen LogP contribution in [0.4, 0.5) is 4.39 Å². The van der Waals surface area contributed by atoms with Crippen molar-refractivity contribution < 1.29 is 4.39 Å². The maximum Gasteiger partial charge on any atom is 0.129 e. The average molecular weight is 256 g/mol. The summed E-state index contributed by atoms with van der Waals surface area (Å²) in [5.41, 5.74) is 1.45. The molecule has 0 amide bonds. The molecule has 1 nitrogen and oxygen atoms in total. The number of aromatic nitrogens is 1. The molecule has 16 heavy (non-hydrogen) atoms. The maximum atomic E-state index is 13.4. The molecule has 4 heteroatoms. The Kier molecular flexibility index (Phi) is 3.42. The first-order chi connectivity index (χ1) is 7.65. The molecule has 0 unspecified atom stereocenters. The fourth-order valence-corrected chi connectivity index (χ4v) is 1.72. The first kappa shape index (κ1) is 11.4. The average Bonchev–Trinajstić information content (AvgIpc) is 2.27. The first-order valence-electron chi connectivity index (χ1n) is 4.69. The Balaban J connectivity index is 2.26. The van der Waals surface area contributed by atoms with Crippen LogP contribution in [0.5, 0.6) is 0 Å². The van der Waals surface area contributed by atoms with Crippen molar-refractivity contribution in [2.24, 2.45) is 0 Å². The minimum atomic E-state index is -0.264. The lowest BCUT2D eigenvalue weighted by molar-refractivity contribution is 0.614. The number of rotatable bonds is 2. The number of nitrogens with zero attached hydrogens (tertiary/aromatic N) is 1. The van der Waals surface area contributed by atoms with Crippen LogP contribution in [0, 0.1) is 5.82 Å². The second-order valence-corrected chi connectivity index (χ2v) is 4.23. The zero-order chi connectivity index (χ0) is 11.5. The summed E-state index contributed by atoms with van der Waals surface area (Å²) in [5, 5.41) is 0.952. The van der Waals surface area contributed by atoms with Crippen LogP contribution in [-0.4, -0.2) is 4.98 Å². The summed E-state index contributed by atoms with van der Waals surface area (Å²) in [6.07, 6.45) is 2.08. The Labute approximate surface area is 103 Å². The number of benzene rings is 1. The minimum Gasteiger partial charge on any atom is -0.244 e. The van der Waals surface area contributed by atoms with Gasteiger partial charge in [0.2, 0.25) is 0 Å². The molecule has 1 heterocycles. The van der Waals surface area contributed by atoms with Gasteiger partial charge in [-0.3, -0.25) is 0 Å². The van der Waals surface area contributed by atoms with Crippen LogP contribution >= 0.6 is 23.2 Å². The lowest BCUT2D eigenvalue weighted by Crippen LogP contribution is -1.93. The molecule has 2 rings (SSSR count). The van der Waals surface area contributed by atoms with Crippen LogP contribution in [0.3, 0.4) is 0 Å². The van der Waals surface area contributed by atoms with E-state index in [2.05, 4.69) is 4.98 Å². The molecule has 1 aromatic heterocycles. The van der Waals surface area contributed by atoms with E-state index in [9.17, 15) is 4.39 Å². The van der Waals surface area contributed by atoms with Gasteiger partial charge in [-0.05, 0) is 35.4 Å². The van der Waals surface area contributed by atoms with E-state index >= 15 is 0 Å². The summed E-state index contributed by atoms with van der Waals surface area (Å²) in [4.78, 5) is 3.94. The van der Waals surface area contributed by atoms with Gasteiger partial charge in [0.1, 0.15) is 11.0 Å². The van der Waals surface area contributed by atoms with Gasteiger partial charge in [0.05, 0.1) is 0 Å². The van der Waals surface area contributed by atoms with Crippen molar-refractivity contribution in [2.75, 3.05) is 0 Å². The zero-order valence-electron chi connectivity index (χ0n) is 8.25. The first-order valence-corrected chi connectivity index (χ1v) is 5.45. The summed E-state index contributed by atoms with van der Waals surface area (Å²) >= 11 is 11.5. The van der Waals surface area contributed by atoms with Gasteiger partial charge in [-0.1, -0.05) is 29.3 Å². The molecule has 2 aromatic rings. The van der Waals surface area contributed by atoms with E-state index in [1.165, 1.54) is 12.1 Å². The molecule has 0 aliphatic heterocycles. The normalized spacial score (nSPS) is 10.4. The third kappa shape index (κ3) is 2.71. The predicted molar refractivity (Wildman–Crippen MR) is 63.5 cm³/mol. The van der Waals surface area contributed by atoms with Crippen molar-refractivity contribution in [3.63, 3.8) is 0 Å². The maximum absolute atomic E-state index is 13.4. The molecule has 1 aromatic carbocycles. The minimum absolute atomic E-state index is 0.264. The second-order valence-electron chi connectivity index (χ2n) is 3.40. The van der Waals surface area contributed by atoms with Crippen LogP contribution in [0.25, 0.3) is 0 Å². The largest absolute Gasteiger partial charge is 0.244 e. The Morgan fingerprint density at radius 2 is 1.94 bits per heavy atom. The van der Waals surface area contributed by atoms with Crippen molar-refractivity contribution in [2.45, 2.75) is 6.42 Å². The van der Waals surface area contributed by atoms with E-state index in [1.54, 1.807) is 18.3 Å². The van der Waals surface area contributed by atoms with Crippen molar-refractivity contribution in [3.8, 4) is 0 Å². The number of hydrogen-bond donors (Lipinski definition) is 0. The number of halogens is 3. The van der Waals surface area contributed by atoms with Gasteiger partial charge < -0.3 is 0 Å². The highest BCUT2D eigenvalue weighted by molar-refractivity contribution is 6.30. The zero-order valence-corrected chi connectivity index (χ0v) is 9.76. The van der Waals surface area contributed by atoms with E-state index in [4.69, 9.17) is 23.2 Å². The topological polar surface area (TPSA) is 12.9 Å². The Hall–Kier alpha value is -1.12. The van der Waals surface area contributed by atoms with Crippen molar-refractivity contribution in [1.29, 1.82) is 0 Å². The summed E-state index contributed by atoms with van der Waals surface area (Å²) < 4.78 is 13.4. The van der Waals surface area contributed by atoms with E-state index in [-0.39, 0.29) is 5.82 Å². The van der Waals surface area contributed by atoms with Crippen molar-refractivity contribution in [3.05, 3.63) is 63.6 Å². The predicted octanol–water partition coefficient (Wildman–Crippen LogP) is 4.12. The van der Waals surface area contributed by atoms with Gasteiger partial charge in [-0.25, -0.2) is 9.37 Å². The van der Waals surface area contributed by atoms with Crippen molar-refractivity contribution >= 4 is 23.2 Å². The third-order valence-corrected chi connectivity index (χ3v) is 2.65. The molecule has 0 N–H and O–H groups in total. The van der Waals surface area contributed by atoms with E-state index < -0.39 is 0 Å². The van der Waals surface area contributed by atoms with Crippen LogP contribution in [0.2, 0.25) is 10.2 Å². The highest BCUT2D eigenvalue weighted by Gasteiger charge is 2.04. The van der Waals surface area contributed by atoms with Crippen molar-refractivity contribution in [1.82, 2.24) is 4.98 Å². The molecule has 0 fully saturated rings. The molecule has 0 radical (unpaired) electrons. The fraction of sp³-hybridized carbons (Fsp3) is 0.0833. The van der Waals surface area contributed by atoms with E-state index in [1.807, 2.05) is 6.07 Å². The smallest absolute Gasteiger partial charge is 0.129 e. The summed E-state index contributed by atoms with van der Waals surface area (Å²) in [5.74, 6) is -0.264. The fourth-order valence-electron chi connectivity index (χ4n) is 1.41. The molecule has 0 bridgehead atoms. The highest BCUT2D eigenvalue weighted by atomic mass is 35.5. The Morgan fingerprint density at radius 1 is 1.12 bits per heavy atom. The Bertz CT molecular complexity index is 497. The molecule has 82 valence electrons. The van der Waals surface area contributed by atoms with Crippen LogP contribution in [-0.2, 0) is 6.42 Å². The van der Waals surface area contributed by atoms with Crippen LogP contribution < -0.4 is 0 Å². The van der Waals surface area contributed by atoms with Gasteiger partial charge in [0, 0.05) is 17.6 Å². The SMILES string of the molecule is Fc1ccc(Cl)cc1Cc1ccc(Cl)nc1. The van der Waals surface area contributed by atoms with Gasteiger partial charge in [-0.15, -0.1) is 0 Å². The molecule has 0 aliphatic carbocycles. The van der Waals surface area contributed by atoms with Gasteiger partial charge in [0.25, 0.3) is 0 Å². The third-order valence-electron chi connectivity index (χ3n) is 2.19. The summed E-state index contributed by atoms with van der Waals surface area (Å²) in [7, 11) is 0. The quantitative estimate of drug-likeness (QED) is 0.736. The molecule has 0 atom stereocenters. The lowest BCUT2D eigenvalue weighted by atomic mass is 10.1. The monoisotopic (exact) mass is 255 g/mol. The molecule has 0 spiro atoms. The molecule has 0 saturated carbocycles. The molecule has 0 aliphatic rings. The Morgan fingerprint density at radius 3 is 2.62 bits per heavy atom. The van der Waals surface area contributed by atoms with Crippen LogP contribution in [0.1, 0.15) is 11.1 Å². The van der Waals surface area contributed by atoms with Gasteiger partial charge in [0.15, 0.2) is 0 Å². The molecular weight excluding hydrogens is 248 g/mol. The molecular formula is C12H8Cl2FN. The molecule has 0 saturated heterocycles. The van der Waals surface area contributed by atoms with Gasteiger partial charge in [-0.2, -0.15) is 0 Å². The van der Waals surface area contributed by atoms with Crippen LogP contribution in [0.15, 0.2) is 36.5 Å². The number of hydrogen-bond acceptors (Lipinski definition) is 1.